The van der Waals surface area contributed by atoms with Gasteiger partial charge in [-0.1, -0.05) is 11.6 Å². The topological polar surface area (TPSA) is 82.5 Å². The molecule has 1 fully saturated rings. The molecule has 0 aliphatic carbocycles. The lowest BCUT2D eigenvalue weighted by molar-refractivity contribution is -0.106. The molecule has 1 saturated heterocycles. The minimum atomic E-state index is -4.80. The molecule has 2 atom stereocenters. The average Bonchev–Trinajstić information content (AvgIpc) is 3.05. The minimum Gasteiger partial charge on any atom is -0.493 e. The predicted octanol–water partition coefficient (Wildman–Crippen LogP) is 2.79. The summed E-state index contributed by atoms with van der Waals surface area (Å²) in [5.41, 5.74) is 0.767. The van der Waals surface area contributed by atoms with E-state index < -0.39 is 33.9 Å². The van der Waals surface area contributed by atoms with Gasteiger partial charge in [-0.25, -0.2) is 17.8 Å². The Morgan fingerprint density at radius 1 is 1.31 bits per heavy atom. The first-order valence-corrected chi connectivity index (χ1v) is 10.7. The van der Waals surface area contributed by atoms with Crippen molar-refractivity contribution in [1.29, 1.82) is 0 Å². The SMILES string of the molecule is O=S(=O)(CC(F)(F)F)NC1CCOCC1COc1ccc(-n2cc(Cl)cn2)cc1. The maximum Gasteiger partial charge on any atom is 0.404 e. The number of benzene rings is 1. The van der Waals surface area contributed by atoms with Gasteiger partial charge in [0.25, 0.3) is 0 Å². The normalized spacial score (nSPS) is 20.6. The van der Waals surface area contributed by atoms with Gasteiger partial charge < -0.3 is 9.47 Å². The largest absolute Gasteiger partial charge is 0.493 e. The highest BCUT2D eigenvalue weighted by Gasteiger charge is 2.38. The van der Waals surface area contributed by atoms with E-state index in [9.17, 15) is 21.6 Å². The summed E-state index contributed by atoms with van der Waals surface area (Å²) in [5.74, 6) is -1.81. The summed E-state index contributed by atoms with van der Waals surface area (Å²) in [5, 5.41) is 4.59. The fourth-order valence-electron chi connectivity index (χ4n) is 2.94. The van der Waals surface area contributed by atoms with Crippen molar-refractivity contribution in [2.45, 2.75) is 18.6 Å². The van der Waals surface area contributed by atoms with Gasteiger partial charge >= 0.3 is 6.18 Å². The summed E-state index contributed by atoms with van der Waals surface area (Å²) in [4.78, 5) is 0. The molecule has 2 unspecified atom stereocenters. The molecule has 12 heteroatoms. The van der Waals surface area contributed by atoms with E-state index in [0.717, 1.165) is 5.69 Å². The second-order valence-electron chi connectivity index (χ2n) is 6.63. The number of ether oxygens (including phenoxy) is 2. The summed E-state index contributed by atoms with van der Waals surface area (Å²) in [6, 6.07) is 6.25. The highest BCUT2D eigenvalue weighted by atomic mass is 35.5. The van der Waals surface area contributed by atoms with E-state index in [4.69, 9.17) is 21.1 Å². The Labute approximate surface area is 170 Å². The first-order valence-electron chi connectivity index (χ1n) is 8.69. The van der Waals surface area contributed by atoms with E-state index in [1.807, 2.05) is 0 Å². The van der Waals surface area contributed by atoms with Crippen LogP contribution in [0.4, 0.5) is 13.2 Å². The number of halogens is 4. The van der Waals surface area contributed by atoms with Gasteiger partial charge in [0, 0.05) is 24.8 Å². The summed E-state index contributed by atoms with van der Waals surface area (Å²) in [7, 11) is -4.50. The van der Waals surface area contributed by atoms with E-state index in [0.29, 0.717) is 10.8 Å². The van der Waals surface area contributed by atoms with Crippen LogP contribution in [-0.4, -0.2) is 56.0 Å². The maximum atomic E-state index is 12.4. The summed E-state index contributed by atoms with van der Waals surface area (Å²) in [6.45, 7) is 0.534. The van der Waals surface area contributed by atoms with Gasteiger partial charge in [-0.3, -0.25) is 0 Å². The van der Waals surface area contributed by atoms with Crippen LogP contribution in [0.1, 0.15) is 6.42 Å². The zero-order chi connectivity index (χ0) is 21.1. The van der Waals surface area contributed by atoms with E-state index >= 15 is 0 Å². The molecule has 1 N–H and O–H groups in total. The molecule has 1 aliphatic rings. The third-order valence-corrected chi connectivity index (χ3v) is 5.84. The molecule has 0 amide bonds. The second-order valence-corrected chi connectivity index (χ2v) is 8.82. The molecule has 7 nitrogen and oxygen atoms in total. The lowest BCUT2D eigenvalue weighted by Crippen LogP contribution is -2.49. The molecule has 160 valence electrons. The third kappa shape index (κ3) is 6.59. The molecule has 1 aromatic heterocycles. The third-order valence-electron chi connectivity index (χ3n) is 4.28. The molecule has 2 heterocycles. The quantitative estimate of drug-likeness (QED) is 0.697. The Morgan fingerprint density at radius 2 is 2.03 bits per heavy atom. The molecule has 29 heavy (non-hydrogen) atoms. The molecule has 0 radical (unpaired) electrons. The van der Waals surface area contributed by atoms with Crippen molar-refractivity contribution in [3.05, 3.63) is 41.7 Å². The number of sulfonamides is 1. The van der Waals surface area contributed by atoms with Crippen molar-refractivity contribution < 1.29 is 31.1 Å². The van der Waals surface area contributed by atoms with Crippen molar-refractivity contribution in [2.24, 2.45) is 5.92 Å². The monoisotopic (exact) mass is 453 g/mol. The minimum absolute atomic E-state index is 0.0894. The van der Waals surface area contributed by atoms with Crippen molar-refractivity contribution >= 4 is 21.6 Å². The Hall–Kier alpha value is -1.82. The van der Waals surface area contributed by atoms with Crippen LogP contribution in [0.2, 0.25) is 5.02 Å². The lowest BCUT2D eigenvalue weighted by Gasteiger charge is -2.31. The Morgan fingerprint density at radius 3 is 2.66 bits per heavy atom. The zero-order valence-corrected chi connectivity index (χ0v) is 16.7. The molecular weight excluding hydrogens is 435 g/mol. The van der Waals surface area contributed by atoms with Crippen LogP contribution in [0.5, 0.6) is 5.75 Å². The zero-order valence-electron chi connectivity index (χ0n) is 15.1. The summed E-state index contributed by atoms with van der Waals surface area (Å²) >= 11 is 5.84. The number of rotatable bonds is 7. The van der Waals surface area contributed by atoms with Gasteiger partial charge in [-0.2, -0.15) is 18.3 Å². The number of aromatic nitrogens is 2. The Kier molecular flexibility index (Phi) is 6.72. The number of nitrogens with one attached hydrogen (secondary N) is 1. The van der Waals surface area contributed by atoms with Gasteiger partial charge in [0.1, 0.15) is 5.75 Å². The van der Waals surface area contributed by atoms with Crippen LogP contribution in [0.25, 0.3) is 5.69 Å². The van der Waals surface area contributed by atoms with Crippen LogP contribution in [0.3, 0.4) is 0 Å². The highest BCUT2D eigenvalue weighted by Crippen LogP contribution is 2.22. The fourth-order valence-corrected chi connectivity index (χ4v) is 4.37. The van der Waals surface area contributed by atoms with Crippen LogP contribution in [0.15, 0.2) is 36.7 Å². The molecule has 3 rings (SSSR count). The number of alkyl halides is 3. The molecule has 2 aromatic rings. The van der Waals surface area contributed by atoms with Gasteiger partial charge in [-0.05, 0) is 30.7 Å². The standard InChI is InChI=1S/C17H19ClF3N3O4S/c18-13-7-22-24(8-13)14-1-3-15(4-2-14)28-10-12-9-27-6-5-16(12)23-29(25,26)11-17(19,20)21/h1-4,7-8,12,16,23H,5-6,9-11H2. The smallest absolute Gasteiger partial charge is 0.404 e. The van der Waals surface area contributed by atoms with E-state index in [-0.39, 0.29) is 26.2 Å². The van der Waals surface area contributed by atoms with Crippen molar-refractivity contribution in [3.63, 3.8) is 0 Å². The maximum absolute atomic E-state index is 12.4. The van der Waals surface area contributed by atoms with Crippen molar-refractivity contribution in [2.75, 3.05) is 25.6 Å². The van der Waals surface area contributed by atoms with E-state index in [1.54, 1.807) is 35.1 Å². The van der Waals surface area contributed by atoms with Crippen LogP contribution in [0, 0.1) is 5.92 Å². The number of nitrogens with zero attached hydrogens (tertiary/aromatic N) is 2. The lowest BCUT2D eigenvalue weighted by atomic mass is 9.98. The van der Waals surface area contributed by atoms with E-state index in [2.05, 4.69) is 9.82 Å². The van der Waals surface area contributed by atoms with E-state index in [1.165, 1.54) is 6.20 Å². The molecule has 0 saturated carbocycles. The summed E-state index contributed by atoms with van der Waals surface area (Å²) in [6.07, 6.45) is -1.38. The van der Waals surface area contributed by atoms with Gasteiger partial charge in [0.2, 0.25) is 10.0 Å². The fraction of sp³-hybridized carbons (Fsp3) is 0.471. The molecule has 0 bridgehead atoms. The van der Waals surface area contributed by atoms with Crippen LogP contribution in [-0.2, 0) is 14.8 Å². The predicted molar refractivity (Wildman–Crippen MR) is 99.8 cm³/mol. The average molecular weight is 454 g/mol. The van der Waals surface area contributed by atoms with Gasteiger partial charge in [0.05, 0.1) is 30.1 Å². The summed E-state index contributed by atoms with van der Waals surface area (Å²) < 4.78 is 75.7. The molecule has 1 aliphatic heterocycles. The Bertz CT molecular complexity index is 919. The number of hydrogen-bond acceptors (Lipinski definition) is 5. The van der Waals surface area contributed by atoms with Gasteiger partial charge in [0.15, 0.2) is 5.75 Å². The molecular formula is C17H19ClF3N3O4S. The van der Waals surface area contributed by atoms with Crippen molar-refractivity contribution in [1.82, 2.24) is 14.5 Å². The van der Waals surface area contributed by atoms with Crippen LogP contribution >= 0.6 is 11.6 Å². The highest BCUT2D eigenvalue weighted by molar-refractivity contribution is 7.89. The first-order chi connectivity index (χ1) is 13.6. The first kappa shape index (κ1) is 21.9. The molecule has 0 spiro atoms. The number of hydrogen-bond donors (Lipinski definition) is 1. The van der Waals surface area contributed by atoms with Crippen LogP contribution < -0.4 is 9.46 Å². The second kappa shape index (κ2) is 8.90. The Balaban J connectivity index is 1.59. The van der Waals surface area contributed by atoms with Crippen molar-refractivity contribution in [3.8, 4) is 11.4 Å². The van der Waals surface area contributed by atoms with Gasteiger partial charge in [-0.15, -0.1) is 0 Å². The molecule has 1 aromatic carbocycles.